The molecule has 19 heavy (non-hydrogen) atoms. The van der Waals surface area contributed by atoms with E-state index < -0.39 is 0 Å². The van der Waals surface area contributed by atoms with E-state index in [1.807, 2.05) is 0 Å². The lowest BCUT2D eigenvalue weighted by Gasteiger charge is -2.27. The zero-order chi connectivity index (χ0) is 13.8. The van der Waals surface area contributed by atoms with E-state index in [9.17, 15) is 0 Å². The first-order valence-corrected chi connectivity index (χ1v) is 7.16. The van der Waals surface area contributed by atoms with Crippen LogP contribution in [0.2, 0.25) is 0 Å². The van der Waals surface area contributed by atoms with Crippen molar-refractivity contribution in [2.24, 2.45) is 0 Å². The Labute approximate surface area is 116 Å². The van der Waals surface area contributed by atoms with Gasteiger partial charge in [0.2, 0.25) is 0 Å². The second-order valence-electron chi connectivity index (χ2n) is 5.71. The molecule has 3 nitrogen and oxygen atoms in total. The molecule has 0 radical (unpaired) electrons. The number of aromatic nitrogens is 1. The van der Waals surface area contributed by atoms with E-state index in [1.54, 1.807) is 0 Å². The highest BCUT2D eigenvalue weighted by atomic mass is 15.2. The number of aryl methyl sites for hydroxylation is 1. The van der Waals surface area contributed by atoms with Crippen molar-refractivity contribution in [2.45, 2.75) is 46.7 Å². The first-order valence-electron chi connectivity index (χ1n) is 7.16. The molecule has 2 heterocycles. The summed E-state index contributed by atoms with van der Waals surface area (Å²) in [5.74, 6) is 1.11. The largest absolute Gasteiger partial charge is 0.352 e. The Morgan fingerprint density at radius 3 is 2.74 bits per heavy atom. The highest BCUT2D eigenvalue weighted by molar-refractivity contribution is 5.44. The molecular formula is C16H25N3. The Morgan fingerprint density at radius 1 is 1.32 bits per heavy atom. The average molecular weight is 259 g/mol. The van der Waals surface area contributed by atoms with E-state index in [4.69, 9.17) is 4.98 Å². The predicted molar refractivity (Wildman–Crippen MR) is 81.5 cm³/mol. The molecule has 1 aliphatic rings. The van der Waals surface area contributed by atoms with E-state index in [1.165, 1.54) is 11.1 Å². The Morgan fingerprint density at radius 2 is 2.11 bits per heavy atom. The van der Waals surface area contributed by atoms with Gasteiger partial charge in [-0.3, -0.25) is 0 Å². The molecule has 0 aromatic carbocycles. The lowest BCUT2D eigenvalue weighted by atomic mass is 10.1. The number of hydrogen-bond acceptors (Lipinski definition) is 3. The summed E-state index contributed by atoms with van der Waals surface area (Å²) in [6.07, 6.45) is 3.45. The maximum atomic E-state index is 4.77. The minimum Gasteiger partial charge on any atom is -0.352 e. The van der Waals surface area contributed by atoms with Crippen LogP contribution in [0.25, 0.3) is 0 Å². The molecule has 0 spiro atoms. The van der Waals surface area contributed by atoms with Crippen LogP contribution in [-0.2, 0) is 6.54 Å². The van der Waals surface area contributed by atoms with Crippen molar-refractivity contribution >= 4 is 5.82 Å². The Bertz CT molecular complexity index is 463. The zero-order valence-corrected chi connectivity index (χ0v) is 12.5. The van der Waals surface area contributed by atoms with Crippen molar-refractivity contribution in [3.05, 3.63) is 35.0 Å². The quantitative estimate of drug-likeness (QED) is 0.842. The molecule has 0 saturated carbocycles. The van der Waals surface area contributed by atoms with Gasteiger partial charge in [-0.2, -0.15) is 0 Å². The molecule has 1 aromatic rings. The first-order chi connectivity index (χ1) is 9.06. The SMILES string of the molecule is CC1=CCCN(c2ccc(CNC(C)C)c(C)n2)C1. The fraction of sp³-hybridized carbons (Fsp3) is 0.562. The maximum Gasteiger partial charge on any atom is 0.129 e. The van der Waals surface area contributed by atoms with E-state index in [2.05, 4.69) is 56.1 Å². The molecule has 2 rings (SSSR count). The van der Waals surface area contributed by atoms with Crippen LogP contribution in [0, 0.1) is 6.92 Å². The van der Waals surface area contributed by atoms with Gasteiger partial charge in [0.1, 0.15) is 5.82 Å². The van der Waals surface area contributed by atoms with Crippen LogP contribution >= 0.6 is 0 Å². The van der Waals surface area contributed by atoms with Crippen molar-refractivity contribution in [1.82, 2.24) is 10.3 Å². The van der Waals surface area contributed by atoms with E-state index in [-0.39, 0.29) is 0 Å². The van der Waals surface area contributed by atoms with Crippen LogP contribution in [0.1, 0.15) is 38.4 Å². The van der Waals surface area contributed by atoms with Gasteiger partial charge in [0.15, 0.2) is 0 Å². The van der Waals surface area contributed by atoms with Gasteiger partial charge < -0.3 is 10.2 Å². The zero-order valence-electron chi connectivity index (χ0n) is 12.5. The first kappa shape index (κ1) is 14.1. The molecule has 0 atom stereocenters. The van der Waals surface area contributed by atoms with Crippen molar-refractivity contribution in [2.75, 3.05) is 18.0 Å². The smallest absolute Gasteiger partial charge is 0.129 e. The highest BCUT2D eigenvalue weighted by Crippen LogP contribution is 2.19. The molecular weight excluding hydrogens is 234 g/mol. The summed E-state index contributed by atoms with van der Waals surface area (Å²) >= 11 is 0. The van der Waals surface area contributed by atoms with Crippen LogP contribution in [0.3, 0.4) is 0 Å². The molecule has 0 fully saturated rings. The number of anilines is 1. The number of rotatable bonds is 4. The van der Waals surface area contributed by atoms with Crippen molar-refractivity contribution < 1.29 is 0 Å². The third-order valence-electron chi connectivity index (χ3n) is 3.54. The van der Waals surface area contributed by atoms with Gasteiger partial charge in [-0.25, -0.2) is 4.98 Å². The molecule has 0 aliphatic carbocycles. The summed E-state index contributed by atoms with van der Waals surface area (Å²) in [4.78, 5) is 7.13. The number of pyridine rings is 1. The van der Waals surface area contributed by atoms with E-state index >= 15 is 0 Å². The topological polar surface area (TPSA) is 28.2 Å². The Hall–Kier alpha value is -1.35. The van der Waals surface area contributed by atoms with Crippen molar-refractivity contribution in [3.8, 4) is 0 Å². The average Bonchev–Trinajstić information content (AvgIpc) is 2.37. The number of hydrogen-bond donors (Lipinski definition) is 1. The van der Waals surface area contributed by atoms with Crippen LogP contribution < -0.4 is 10.2 Å². The summed E-state index contributed by atoms with van der Waals surface area (Å²) in [6.45, 7) is 11.6. The fourth-order valence-corrected chi connectivity index (χ4v) is 2.36. The van der Waals surface area contributed by atoms with Gasteiger partial charge in [0.25, 0.3) is 0 Å². The van der Waals surface area contributed by atoms with Crippen LogP contribution in [0.5, 0.6) is 0 Å². The lowest BCUT2D eigenvalue weighted by Crippen LogP contribution is -2.30. The van der Waals surface area contributed by atoms with Gasteiger partial charge >= 0.3 is 0 Å². The van der Waals surface area contributed by atoms with Gasteiger partial charge in [0, 0.05) is 31.4 Å². The fourth-order valence-electron chi connectivity index (χ4n) is 2.36. The standard InChI is InChI=1S/C16H25N3/c1-12(2)17-10-15-7-8-16(18-14(15)4)19-9-5-6-13(3)11-19/h6-8,12,17H,5,9-11H2,1-4H3. The molecule has 0 amide bonds. The molecule has 104 valence electrons. The number of nitrogens with one attached hydrogen (secondary N) is 1. The summed E-state index contributed by atoms with van der Waals surface area (Å²) in [5, 5.41) is 3.45. The van der Waals surface area contributed by atoms with E-state index in [0.29, 0.717) is 6.04 Å². The normalized spacial score (nSPS) is 15.8. The minimum atomic E-state index is 0.508. The van der Waals surface area contributed by atoms with E-state index in [0.717, 1.165) is 37.6 Å². The Kier molecular flexibility index (Phi) is 4.59. The van der Waals surface area contributed by atoms with Crippen LogP contribution in [-0.4, -0.2) is 24.1 Å². The van der Waals surface area contributed by atoms with Gasteiger partial charge in [-0.1, -0.05) is 31.6 Å². The minimum absolute atomic E-state index is 0.508. The van der Waals surface area contributed by atoms with Gasteiger partial charge in [-0.15, -0.1) is 0 Å². The summed E-state index contributed by atoms with van der Waals surface area (Å²) in [6, 6.07) is 4.87. The third-order valence-corrected chi connectivity index (χ3v) is 3.54. The number of nitrogens with zero attached hydrogens (tertiary/aromatic N) is 2. The van der Waals surface area contributed by atoms with Crippen LogP contribution in [0.15, 0.2) is 23.8 Å². The van der Waals surface area contributed by atoms with Crippen LogP contribution in [0.4, 0.5) is 5.82 Å². The Balaban J connectivity index is 2.08. The van der Waals surface area contributed by atoms with Gasteiger partial charge in [-0.05, 0) is 31.9 Å². The van der Waals surface area contributed by atoms with Gasteiger partial charge in [0.05, 0.1) is 0 Å². The predicted octanol–water partition coefficient (Wildman–Crippen LogP) is 3.04. The summed E-state index contributed by atoms with van der Waals surface area (Å²) < 4.78 is 0. The molecule has 3 heteroatoms. The summed E-state index contributed by atoms with van der Waals surface area (Å²) in [5.41, 5.74) is 3.87. The lowest BCUT2D eigenvalue weighted by molar-refractivity contribution is 0.586. The molecule has 1 N–H and O–H groups in total. The maximum absolute atomic E-state index is 4.77. The second kappa shape index (κ2) is 6.20. The highest BCUT2D eigenvalue weighted by Gasteiger charge is 2.13. The molecule has 1 aromatic heterocycles. The molecule has 0 unspecified atom stereocenters. The molecule has 0 saturated heterocycles. The molecule has 0 bridgehead atoms. The van der Waals surface area contributed by atoms with Crippen molar-refractivity contribution in [1.29, 1.82) is 0 Å². The second-order valence-corrected chi connectivity index (χ2v) is 5.71. The monoisotopic (exact) mass is 259 g/mol. The third kappa shape index (κ3) is 3.80. The van der Waals surface area contributed by atoms with Crippen molar-refractivity contribution in [3.63, 3.8) is 0 Å². The molecule has 1 aliphatic heterocycles. The summed E-state index contributed by atoms with van der Waals surface area (Å²) in [7, 11) is 0.